The van der Waals surface area contributed by atoms with E-state index < -0.39 is 5.91 Å². The third-order valence-electron chi connectivity index (χ3n) is 4.08. The third-order valence-corrected chi connectivity index (χ3v) is 4.95. The molecule has 1 heterocycles. The van der Waals surface area contributed by atoms with Gasteiger partial charge in [-0.05, 0) is 49.4 Å². The molecule has 0 aliphatic carbocycles. The predicted octanol–water partition coefficient (Wildman–Crippen LogP) is 3.33. The molecule has 1 amide bonds. The molecule has 0 atom stereocenters. The summed E-state index contributed by atoms with van der Waals surface area (Å²) in [7, 11) is 0. The number of carbonyl (C=O) groups is 2. The largest absolute Gasteiger partial charge is 0.427 e. The second kappa shape index (κ2) is 9.50. The Hall–Kier alpha value is -2.41. The molecular formula is C20H25N3O3S. The summed E-state index contributed by atoms with van der Waals surface area (Å²) in [4.78, 5) is 31.9. The lowest BCUT2D eigenvalue weighted by atomic mass is 10.0. The smallest absolute Gasteiger partial charge is 0.311 e. The first-order valence-electron chi connectivity index (χ1n) is 8.82. The van der Waals surface area contributed by atoms with Crippen LogP contribution >= 0.6 is 11.8 Å². The Morgan fingerprint density at radius 2 is 1.85 bits per heavy atom. The number of aryl methyl sites for hydroxylation is 2. The minimum Gasteiger partial charge on any atom is -0.427 e. The number of nitrogens with zero attached hydrogens (tertiary/aromatic N) is 2. The lowest BCUT2D eigenvalue weighted by molar-refractivity contribution is -0.134. The predicted molar refractivity (Wildman–Crippen MR) is 106 cm³/mol. The van der Waals surface area contributed by atoms with Crippen molar-refractivity contribution in [3.63, 3.8) is 0 Å². The van der Waals surface area contributed by atoms with Crippen LogP contribution in [0.2, 0.25) is 0 Å². The molecule has 7 heteroatoms. The molecule has 2 N–H and O–H groups in total. The molecule has 0 unspecified atom stereocenters. The summed E-state index contributed by atoms with van der Waals surface area (Å²) in [5.41, 5.74) is 8.79. The zero-order valence-corrected chi connectivity index (χ0v) is 16.9. The van der Waals surface area contributed by atoms with E-state index in [1.54, 1.807) is 6.07 Å². The maximum Gasteiger partial charge on any atom is 0.311 e. The molecule has 0 saturated carbocycles. The van der Waals surface area contributed by atoms with Crippen LogP contribution in [0.3, 0.4) is 0 Å². The van der Waals surface area contributed by atoms with Gasteiger partial charge in [0.1, 0.15) is 5.75 Å². The van der Waals surface area contributed by atoms with Crippen molar-refractivity contribution >= 4 is 23.6 Å². The monoisotopic (exact) mass is 387 g/mol. The summed E-state index contributed by atoms with van der Waals surface area (Å²) in [5, 5.41) is 0.514. The van der Waals surface area contributed by atoms with Crippen LogP contribution in [0.1, 0.15) is 48.7 Å². The molecule has 27 heavy (non-hydrogen) atoms. The molecule has 0 fully saturated rings. The number of benzene rings is 1. The number of amides is 1. The fourth-order valence-corrected chi connectivity index (χ4v) is 3.29. The average Bonchev–Trinajstić information content (AvgIpc) is 2.59. The number of thioether (sulfide) groups is 1. The van der Waals surface area contributed by atoms with Crippen LogP contribution in [0.4, 0.5) is 0 Å². The van der Waals surface area contributed by atoms with Gasteiger partial charge >= 0.3 is 5.97 Å². The van der Waals surface area contributed by atoms with E-state index in [9.17, 15) is 9.59 Å². The number of aromatic nitrogens is 2. The zero-order valence-electron chi connectivity index (χ0n) is 16.1. The summed E-state index contributed by atoms with van der Waals surface area (Å²) >= 11 is 1.21. The highest BCUT2D eigenvalue weighted by Crippen LogP contribution is 2.22. The maximum absolute atomic E-state index is 12.2. The molecule has 1 aromatic carbocycles. The molecule has 1 aromatic heterocycles. The van der Waals surface area contributed by atoms with Gasteiger partial charge in [0.25, 0.3) is 0 Å². The standard InChI is InChI=1S/C20H25N3O3S/c1-12(2)15-6-5-7-16(10-15)26-19(25)9-8-17-13(3)22-20(23-14(17)4)27-11-18(21)24/h5-7,10,12H,8-9,11H2,1-4H3,(H2,21,24). The van der Waals surface area contributed by atoms with E-state index in [0.29, 0.717) is 23.2 Å². The summed E-state index contributed by atoms with van der Waals surface area (Å²) in [6.07, 6.45) is 0.742. The van der Waals surface area contributed by atoms with Gasteiger partial charge in [-0.3, -0.25) is 9.59 Å². The molecule has 0 aliphatic rings. The number of esters is 1. The van der Waals surface area contributed by atoms with Crippen LogP contribution in [0, 0.1) is 13.8 Å². The van der Waals surface area contributed by atoms with Gasteiger partial charge in [0, 0.05) is 11.4 Å². The van der Waals surface area contributed by atoms with Crippen LogP contribution in [0.25, 0.3) is 0 Å². The highest BCUT2D eigenvalue weighted by molar-refractivity contribution is 7.99. The summed E-state index contributed by atoms with van der Waals surface area (Å²) in [6, 6.07) is 7.59. The maximum atomic E-state index is 12.2. The molecule has 0 radical (unpaired) electrons. The first-order chi connectivity index (χ1) is 12.8. The SMILES string of the molecule is Cc1nc(SCC(N)=O)nc(C)c1CCC(=O)Oc1cccc(C(C)C)c1. The highest BCUT2D eigenvalue weighted by Gasteiger charge is 2.13. The van der Waals surface area contributed by atoms with Crippen LogP contribution in [-0.4, -0.2) is 27.6 Å². The summed E-state index contributed by atoms with van der Waals surface area (Å²) in [5.74, 6) is 0.375. The van der Waals surface area contributed by atoms with E-state index >= 15 is 0 Å². The Bertz CT molecular complexity index is 814. The Kier molecular flexibility index (Phi) is 7.36. The topological polar surface area (TPSA) is 95.2 Å². The number of rotatable bonds is 8. The Labute approximate surface area is 163 Å². The van der Waals surface area contributed by atoms with Gasteiger partial charge in [-0.15, -0.1) is 0 Å². The van der Waals surface area contributed by atoms with Gasteiger partial charge in [-0.2, -0.15) is 0 Å². The number of ether oxygens (including phenoxy) is 1. The van der Waals surface area contributed by atoms with E-state index in [2.05, 4.69) is 23.8 Å². The lowest BCUT2D eigenvalue weighted by Gasteiger charge is -2.11. The van der Waals surface area contributed by atoms with Crippen molar-refractivity contribution < 1.29 is 14.3 Å². The van der Waals surface area contributed by atoms with Gasteiger partial charge < -0.3 is 10.5 Å². The van der Waals surface area contributed by atoms with Gasteiger partial charge in [-0.1, -0.05) is 37.7 Å². The number of primary amides is 1. The fourth-order valence-electron chi connectivity index (χ4n) is 2.62. The molecule has 0 aliphatic heterocycles. The minimum absolute atomic E-state index is 0.139. The van der Waals surface area contributed by atoms with Gasteiger partial charge in [0.15, 0.2) is 5.16 Å². The van der Waals surface area contributed by atoms with E-state index in [1.807, 2.05) is 32.0 Å². The van der Waals surface area contributed by atoms with Gasteiger partial charge in [0.05, 0.1) is 12.2 Å². The van der Waals surface area contributed by atoms with Crippen molar-refractivity contribution in [2.24, 2.45) is 5.73 Å². The van der Waals surface area contributed by atoms with Crippen molar-refractivity contribution in [1.82, 2.24) is 9.97 Å². The van der Waals surface area contributed by atoms with Gasteiger partial charge in [0.2, 0.25) is 5.91 Å². The molecule has 2 rings (SSSR count). The molecule has 144 valence electrons. The van der Waals surface area contributed by atoms with Crippen LogP contribution < -0.4 is 10.5 Å². The van der Waals surface area contributed by atoms with Crippen LogP contribution in [0.15, 0.2) is 29.4 Å². The summed E-state index contributed by atoms with van der Waals surface area (Å²) in [6.45, 7) is 7.93. The summed E-state index contributed by atoms with van der Waals surface area (Å²) < 4.78 is 5.46. The fraction of sp³-hybridized carbons (Fsp3) is 0.400. The molecule has 6 nitrogen and oxygen atoms in total. The molecule has 2 aromatic rings. The number of hydrogen-bond donors (Lipinski definition) is 1. The van der Waals surface area contributed by atoms with Crippen molar-refractivity contribution in [2.45, 2.75) is 51.6 Å². The zero-order chi connectivity index (χ0) is 20.0. The average molecular weight is 388 g/mol. The minimum atomic E-state index is -0.410. The lowest BCUT2D eigenvalue weighted by Crippen LogP contribution is -2.14. The third kappa shape index (κ3) is 6.36. The second-order valence-electron chi connectivity index (χ2n) is 6.61. The molecule has 0 spiro atoms. The van der Waals surface area contributed by atoms with Gasteiger partial charge in [-0.25, -0.2) is 9.97 Å². The molecule has 0 bridgehead atoms. The number of nitrogens with two attached hydrogens (primary N) is 1. The molecule has 0 saturated heterocycles. The first kappa shape index (κ1) is 20.9. The normalized spacial score (nSPS) is 10.9. The molecular weight excluding hydrogens is 362 g/mol. The Morgan fingerprint density at radius 3 is 2.44 bits per heavy atom. The van der Waals surface area contributed by atoms with Crippen LogP contribution in [-0.2, 0) is 16.0 Å². The first-order valence-corrected chi connectivity index (χ1v) is 9.80. The number of carbonyl (C=O) groups excluding carboxylic acids is 2. The van der Waals surface area contributed by atoms with Crippen LogP contribution in [0.5, 0.6) is 5.75 Å². The number of hydrogen-bond acceptors (Lipinski definition) is 6. The Balaban J connectivity index is 1.98. The van der Waals surface area contributed by atoms with E-state index in [4.69, 9.17) is 10.5 Å². The van der Waals surface area contributed by atoms with Crippen molar-refractivity contribution in [1.29, 1.82) is 0 Å². The van der Waals surface area contributed by atoms with E-state index in [-0.39, 0.29) is 18.1 Å². The second-order valence-corrected chi connectivity index (χ2v) is 7.55. The van der Waals surface area contributed by atoms with Crippen molar-refractivity contribution in [2.75, 3.05) is 5.75 Å². The van der Waals surface area contributed by atoms with E-state index in [0.717, 1.165) is 22.5 Å². The van der Waals surface area contributed by atoms with E-state index in [1.165, 1.54) is 11.8 Å². The Morgan fingerprint density at radius 1 is 1.19 bits per heavy atom. The van der Waals surface area contributed by atoms with Crippen molar-refractivity contribution in [3.8, 4) is 5.75 Å². The van der Waals surface area contributed by atoms with Crippen molar-refractivity contribution in [3.05, 3.63) is 46.8 Å². The quantitative estimate of drug-likeness (QED) is 0.323. The highest BCUT2D eigenvalue weighted by atomic mass is 32.2.